The molecule has 3 fully saturated rings. The molecule has 3 saturated heterocycles. The number of methoxy groups -OCH3 is 1. The summed E-state index contributed by atoms with van der Waals surface area (Å²) < 4.78 is 57.7. The number of amides is 1. The number of carbonyl (C=O) groups excluding carboxylic acids is 2. The van der Waals surface area contributed by atoms with E-state index in [9.17, 15) is 44.7 Å². The summed E-state index contributed by atoms with van der Waals surface area (Å²) in [6, 6.07) is 4.29. The van der Waals surface area contributed by atoms with Gasteiger partial charge in [0.25, 0.3) is 0 Å². The summed E-state index contributed by atoms with van der Waals surface area (Å²) in [5.74, 6) is -4.21. The molecule has 18 atom stereocenters. The van der Waals surface area contributed by atoms with Crippen LogP contribution < -0.4 is 10.7 Å². The number of aryl methyl sites for hydroxylation is 1. The number of carbonyl (C=O) groups is 3. The van der Waals surface area contributed by atoms with Crippen LogP contribution in [0.3, 0.4) is 0 Å². The fourth-order valence-electron chi connectivity index (χ4n) is 11.7. The molecule has 0 aliphatic carbocycles. The predicted octanol–water partition coefficient (Wildman–Crippen LogP) is 3.90. The van der Waals surface area contributed by atoms with Crippen LogP contribution in [0.25, 0.3) is 10.9 Å². The van der Waals surface area contributed by atoms with Gasteiger partial charge in [-0.1, -0.05) is 26.8 Å². The van der Waals surface area contributed by atoms with Gasteiger partial charge in [0.2, 0.25) is 5.43 Å². The van der Waals surface area contributed by atoms with Gasteiger partial charge in [-0.15, -0.1) is 0 Å². The van der Waals surface area contributed by atoms with Crippen LogP contribution in [-0.2, 0) is 60.6 Å². The molecule has 6 N–H and O–H groups in total. The Morgan fingerprint density at radius 3 is 2.23 bits per heavy atom. The zero-order chi connectivity index (χ0) is 58.2. The Bertz CT molecular complexity index is 2350. The van der Waals surface area contributed by atoms with Crippen LogP contribution in [0.2, 0.25) is 0 Å². The van der Waals surface area contributed by atoms with E-state index in [1.54, 1.807) is 65.2 Å². The molecule has 22 heteroatoms. The van der Waals surface area contributed by atoms with Crippen LogP contribution in [0.15, 0.2) is 29.2 Å². The van der Waals surface area contributed by atoms with Crippen molar-refractivity contribution in [2.75, 3.05) is 61.2 Å². The third kappa shape index (κ3) is 15.6. The normalized spacial score (nSPS) is 36.9. The van der Waals surface area contributed by atoms with Crippen LogP contribution in [-0.4, -0.2) is 209 Å². The average molecular weight is 1110 g/mol. The molecule has 0 spiro atoms. The molecule has 2 aromatic rings. The molecule has 4 heterocycles. The van der Waals surface area contributed by atoms with E-state index in [1.807, 2.05) is 57.8 Å². The Hall–Kier alpha value is -3.88. The Balaban J connectivity index is 1.29. The van der Waals surface area contributed by atoms with Gasteiger partial charge in [-0.2, -0.15) is 0 Å². The summed E-state index contributed by atoms with van der Waals surface area (Å²) in [7, 11) is 7.03. The molecule has 0 radical (unpaired) electrons. The van der Waals surface area contributed by atoms with Crippen LogP contribution in [0.4, 0.5) is 4.79 Å². The second-order valence-electron chi connectivity index (χ2n) is 23.0. The van der Waals surface area contributed by atoms with Gasteiger partial charge in [0, 0.05) is 62.7 Å². The van der Waals surface area contributed by atoms with Crippen molar-refractivity contribution in [3.8, 4) is 0 Å². The number of carboxylic acids is 1. The van der Waals surface area contributed by atoms with Gasteiger partial charge in [0.05, 0.1) is 67.9 Å². The minimum Gasteiger partial charge on any atom is -0.477 e. The molecule has 444 valence electrons. The fraction of sp³-hybridized carbons (Fsp3) is 0.786. The summed E-state index contributed by atoms with van der Waals surface area (Å²) in [6.45, 7) is 20.9. The smallest absolute Gasteiger partial charge is 0.407 e. The molecule has 22 nitrogen and oxygen atoms in total. The minimum atomic E-state index is -1.87. The molecule has 5 rings (SSSR count). The highest BCUT2D eigenvalue weighted by molar-refractivity contribution is 5.92. The van der Waals surface area contributed by atoms with E-state index in [1.165, 1.54) is 20.2 Å². The first-order valence-corrected chi connectivity index (χ1v) is 27.6. The first-order valence-electron chi connectivity index (χ1n) is 27.6. The van der Waals surface area contributed by atoms with E-state index >= 15 is 0 Å². The van der Waals surface area contributed by atoms with Crippen LogP contribution in [0.5, 0.6) is 0 Å². The van der Waals surface area contributed by atoms with Gasteiger partial charge in [0.1, 0.15) is 35.1 Å². The first-order chi connectivity index (χ1) is 36.5. The maximum absolute atomic E-state index is 14.6. The highest BCUT2D eigenvalue weighted by Gasteiger charge is 2.54. The molecule has 1 amide bonds. The minimum absolute atomic E-state index is 0.00734. The number of ether oxygens (including phenoxy) is 9. The number of cyclic esters (lactones) is 1. The van der Waals surface area contributed by atoms with Gasteiger partial charge in [0.15, 0.2) is 18.7 Å². The Kier molecular flexibility index (Phi) is 23.1. The highest BCUT2D eigenvalue weighted by Crippen LogP contribution is 2.41. The Morgan fingerprint density at radius 1 is 0.923 bits per heavy atom. The SMILES string of the molecule is CC[C@H]1OC(=O)[C@H](C)[C@@H](O[C@H]2C[C@@](C)(OC)[C@@H](OC(=O)NCCOCCOCc3ccc4c(c3)c(=O)c(C(=O)O)cn4CC)[C@H](C)O2)[C@H](C)[C@@H](O[C@@H]2O[C@H](C)CC(N(C)C)[C@H]2O)[C@](C)(O)C[C@@H](C)CN(C)[C@H](C)[C@@H](O)[C@]1(C)O. The monoisotopic (exact) mass is 1110 g/mol. The molecular formula is C56H92N4O18. The number of alkyl carbamates (subject to hydrolysis) is 1. The van der Waals surface area contributed by atoms with Gasteiger partial charge in [-0.3, -0.25) is 9.59 Å². The third-order valence-corrected chi connectivity index (χ3v) is 16.3. The molecule has 1 aromatic heterocycles. The summed E-state index contributed by atoms with van der Waals surface area (Å²) in [5.41, 5.74) is -4.26. The Morgan fingerprint density at radius 2 is 1.60 bits per heavy atom. The van der Waals surface area contributed by atoms with Gasteiger partial charge < -0.3 is 87.8 Å². The maximum Gasteiger partial charge on any atom is 0.407 e. The van der Waals surface area contributed by atoms with Gasteiger partial charge in [-0.05, 0) is 119 Å². The number of esters is 1. The number of rotatable bonds is 18. The number of nitrogens with one attached hydrogen (secondary N) is 1. The molecule has 0 bridgehead atoms. The molecule has 3 aliphatic heterocycles. The van der Waals surface area contributed by atoms with E-state index in [2.05, 4.69) is 5.32 Å². The number of aromatic carboxylic acids is 1. The van der Waals surface area contributed by atoms with Crippen molar-refractivity contribution in [1.82, 2.24) is 19.7 Å². The number of benzene rings is 1. The van der Waals surface area contributed by atoms with Gasteiger partial charge >= 0.3 is 18.0 Å². The molecule has 1 aromatic carbocycles. The first kappa shape index (κ1) is 64.9. The lowest BCUT2D eigenvalue weighted by atomic mass is 9.77. The lowest BCUT2D eigenvalue weighted by Crippen LogP contribution is -2.61. The van der Waals surface area contributed by atoms with E-state index in [4.69, 9.17) is 42.6 Å². The maximum atomic E-state index is 14.6. The average Bonchev–Trinajstić information content (AvgIpc) is 3.40. The topological polar surface area (TPSA) is 276 Å². The van der Waals surface area contributed by atoms with Crippen LogP contribution in [0, 0.1) is 17.8 Å². The molecule has 0 saturated carbocycles. The second-order valence-corrected chi connectivity index (χ2v) is 23.0. The number of pyridine rings is 1. The molecular weight excluding hydrogens is 1020 g/mol. The van der Waals surface area contributed by atoms with Crippen molar-refractivity contribution in [1.29, 1.82) is 0 Å². The fourth-order valence-corrected chi connectivity index (χ4v) is 11.7. The van der Waals surface area contributed by atoms with Crippen LogP contribution in [0.1, 0.15) is 118 Å². The number of hydrogen-bond donors (Lipinski definition) is 6. The lowest BCUT2D eigenvalue weighted by molar-refractivity contribution is -0.317. The second kappa shape index (κ2) is 27.7. The number of hydrogen-bond acceptors (Lipinski definition) is 19. The molecule has 1 unspecified atom stereocenters. The van der Waals surface area contributed by atoms with E-state index in [0.29, 0.717) is 36.0 Å². The van der Waals surface area contributed by atoms with Crippen LogP contribution >= 0.6 is 0 Å². The number of aromatic nitrogens is 1. The zero-order valence-corrected chi connectivity index (χ0v) is 48.6. The number of nitrogens with zero attached hydrogens (tertiary/aromatic N) is 3. The quantitative estimate of drug-likeness (QED) is 0.0912. The van der Waals surface area contributed by atoms with Crippen molar-refractivity contribution in [3.63, 3.8) is 0 Å². The number of aliphatic hydroxyl groups is 4. The highest BCUT2D eigenvalue weighted by atomic mass is 16.7. The van der Waals surface area contributed by atoms with E-state index < -0.39 is 113 Å². The van der Waals surface area contributed by atoms with Crippen molar-refractivity contribution < 1.29 is 82.5 Å². The summed E-state index contributed by atoms with van der Waals surface area (Å²) >= 11 is 0. The number of fused-ring (bicyclic) bond motifs is 1. The number of likely N-dealkylation sites (N-methyl/N-ethyl adjacent to an activating group) is 2. The number of aliphatic hydroxyl groups excluding tert-OH is 2. The zero-order valence-electron chi connectivity index (χ0n) is 48.6. The lowest BCUT2D eigenvalue weighted by Gasteiger charge is -2.49. The largest absolute Gasteiger partial charge is 0.477 e. The predicted molar refractivity (Wildman–Crippen MR) is 288 cm³/mol. The van der Waals surface area contributed by atoms with Gasteiger partial charge in [-0.25, -0.2) is 9.59 Å². The third-order valence-electron chi connectivity index (χ3n) is 16.3. The van der Waals surface area contributed by atoms with E-state index in [0.717, 1.165) is 0 Å². The molecule has 78 heavy (non-hydrogen) atoms. The summed E-state index contributed by atoms with van der Waals surface area (Å²) in [5, 5.41) is 60.6. The van der Waals surface area contributed by atoms with Crippen molar-refractivity contribution in [3.05, 3.63) is 45.7 Å². The van der Waals surface area contributed by atoms with Crippen molar-refractivity contribution in [2.24, 2.45) is 17.8 Å². The standard InChI is InChI=1S/C56H92N4O18/c1-16-42-56(11,69)47(63)35(7)59(14)28-31(3)26-54(9,68)48(77-52-45(62)41(58(12)13)24-32(4)73-52)33(5)46(34(6)51(66)75-42)76-43-27-55(10,70-15)49(36(8)74-43)78-53(67)57-20-21-71-22-23-72-30-37-18-19-40-38(25-37)44(61)39(50(64)65)29-60(40)17-2/h18-19,25,29,31-36,41-43,45-49,52,62-63,68-69H,16-17,20-24,26-28,30H2,1-15H3,(H,57,67)(H,64,65)/t31-,32-,33+,34-,35-,36+,41?,42-,43+,45-,46+,47-,48-,49+,52+,54-,55-,56-/m1/s1. The van der Waals surface area contributed by atoms with Crippen molar-refractivity contribution >= 4 is 28.9 Å². The Labute approximate surface area is 459 Å². The number of carboxylic acid groups (broad SMARTS) is 1. The van der Waals surface area contributed by atoms with Crippen molar-refractivity contribution in [2.45, 2.75) is 205 Å². The molecule has 3 aliphatic rings. The van der Waals surface area contributed by atoms with E-state index in [-0.39, 0.29) is 75.9 Å². The summed E-state index contributed by atoms with van der Waals surface area (Å²) in [4.78, 5) is 56.2. The summed E-state index contributed by atoms with van der Waals surface area (Å²) in [6.07, 6.45) is -8.74.